The molecule has 0 bridgehead atoms. The van der Waals surface area contributed by atoms with Gasteiger partial charge in [0, 0.05) is 24.2 Å². The number of nitrogens with zero attached hydrogens (tertiary/aromatic N) is 2. The quantitative estimate of drug-likeness (QED) is 0.800. The number of ether oxygens (including phenoxy) is 1. The second kappa shape index (κ2) is 3.90. The number of amides is 1. The SMILES string of the molecule is O=C(C1CC1)N1CCOC(c2cn[nH]c2)C1. The first-order valence-corrected chi connectivity index (χ1v) is 5.73. The summed E-state index contributed by atoms with van der Waals surface area (Å²) in [4.78, 5) is 13.9. The van der Waals surface area contributed by atoms with E-state index in [9.17, 15) is 4.79 Å². The van der Waals surface area contributed by atoms with E-state index in [0.717, 1.165) is 24.9 Å². The van der Waals surface area contributed by atoms with Gasteiger partial charge in [-0.25, -0.2) is 0 Å². The van der Waals surface area contributed by atoms with Crippen LogP contribution in [0.25, 0.3) is 0 Å². The molecular formula is C11H15N3O2. The maximum atomic E-state index is 11.9. The van der Waals surface area contributed by atoms with E-state index in [1.807, 2.05) is 11.1 Å². The van der Waals surface area contributed by atoms with Crippen molar-refractivity contribution in [1.82, 2.24) is 15.1 Å². The molecule has 2 fully saturated rings. The standard InChI is InChI=1S/C11H15N3O2/c15-11(8-1-2-8)14-3-4-16-10(7-14)9-5-12-13-6-9/h5-6,8,10H,1-4,7H2,(H,12,13). The van der Waals surface area contributed by atoms with Crippen molar-refractivity contribution >= 4 is 5.91 Å². The molecule has 0 aromatic carbocycles. The summed E-state index contributed by atoms with van der Waals surface area (Å²) in [5.41, 5.74) is 1.02. The van der Waals surface area contributed by atoms with E-state index >= 15 is 0 Å². The van der Waals surface area contributed by atoms with Crippen LogP contribution in [0.1, 0.15) is 24.5 Å². The molecule has 1 saturated heterocycles. The van der Waals surface area contributed by atoms with Crippen molar-refractivity contribution in [2.24, 2.45) is 5.92 Å². The van der Waals surface area contributed by atoms with Gasteiger partial charge in [-0.2, -0.15) is 5.10 Å². The third kappa shape index (κ3) is 1.82. The lowest BCUT2D eigenvalue weighted by Gasteiger charge is -2.32. The molecule has 5 heteroatoms. The Morgan fingerprint density at radius 1 is 1.56 bits per heavy atom. The maximum absolute atomic E-state index is 11.9. The van der Waals surface area contributed by atoms with E-state index in [-0.39, 0.29) is 6.10 Å². The summed E-state index contributed by atoms with van der Waals surface area (Å²) in [6, 6.07) is 0. The van der Waals surface area contributed by atoms with Crippen LogP contribution < -0.4 is 0 Å². The van der Waals surface area contributed by atoms with Gasteiger partial charge in [0.05, 0.1) is 19.3 Å². The van der Waals surface area contributed by atoms with E-state index in [0.29, 0.717) is 25.0 Å². The predicted molar refractivity (Wildman–Crippen MR) is 56.6 cm³/mol. The molecule has 3 rings (SSSR count). The predicted octanol–water partition coefficient (Wildman–Crippen LogP) is 0.720. The fourth-order valence-corrected chi connectivity index (χ4v) is 2.08. The summed E-state index contributed by atoms with van der Waals surface area (Å²) < 4.78 is 5.65. The summed E-state index contributed by atoms with van der Waals surface area (Å²) in [7, 11) is 0. The minimum Gasteiger partial charge on any atom is -0.370 e. The second-order valence-corrected chi connectivity index (χ2v) is 4.45. The fraction of sp³-hybridized carbons (Fsp3) is 0.636. The number of aromatic amines is 1. The Balaban J connectivity index is 1.67. The Morgan fingerprint density at radius 3 is 3.12 bits per heavy atom. The van der Waals surface area contributed by atoms with Crippen molar-refractivity contribution in [2.75, 3.05) is 19.7 Å². The van der Waals surface area contributed by atoms with E-state index < -0.39 is 0 Å². The molecule has 1 saturated carbocycles. The van der Waals surface area contributed by atoms with Crippen LogP contribution >= 0.6 is 0 Å². The van der Waals surface area contributed by atoms with Crippen molar-refractivity contribution in [2.45, 2.75) is 18.9 Å². The lowest BCUT2D eigenvalue weighted by Crippen LogP contribution is -2.42. The number of carbonyl (C=O) groups excluding carboxylic acids is 1. The molecule has 86 valence electrons. The number of carbonyl (C=O) groups is 1. The molecule has 1 aromatic heterocycles. The second-order valence-electron chi connectivity index (χ2n) is 4.45. The lowest BCUT2D eigenvalue weighted by molar-refractivity contribution is -0.140. The van der Waals surface area contributed by atoms with Gasteiger partial charge in [-0.15, -0.1) is 0 Å². The number of rotatable bonds is 2. The van der Waals surface area contributed by atoms with Crippen LogP contribution in [-0.4, -0.2) is 40.7 Å². The van der Waals surface area contributed by atoms with Crippen LogP contribution in [0, 0.1) is 5.92 Å². The van der Waals surface area contributed by atoms with Gasteiger partial charge in [0.15, 0.2) is 0 Å². The molecule has 0 spiro atoms. The monoisotopic (exact) mass is 221 g/mol. The zero-order chi connectivity index (χ0) is 11.0. The summed E-state index contributed by atoms with van der Waals surface area (Å²) in [5.74, 6) is 0.597. The summed E-state index contributed by atoms with van der Waals surface area (Å²) in [6.45, 7) is 2.01. The number of H-pyrrole nitrogens is 1. The third-order valence-electron chi connectivity index (χ3n) is 3.20. The van der Waals surface area contributed by atoms with Crippen molar-refractivity contribution < 1.29 is 9.53 Å². The molecule has 1 aliphatic heterocycles. The number of morpholine rings is 1. The van der Waals surface area contributed by atoms with Crippen molar-refractivity contribution in [3.63, 3.8) is 0 Å². The molecule has 1 aliphatic carbocycles. The molecule has 1 atom stereocenters. The highest BCUT2D eigenvalue weighted by atomic mass is 16.5. The Bertz CT molecular complexity index is 373. The Kier molecular flexibility index (Phi) is 2.40. The fourth-order valence-electron chi connectivity index (χ4n) is 2.08. The van der Waals surface area contributed by atoms with Crippen LogP contribution in [-0.2, 0) is 9.53 Å². The normalized spacial score (nSPS) is 25.8. The van der Waals surface area contributed by atoms with Crippen molar-refractivity contribution in [3.8, 4) is 0 Å². The van der Waals surface area contributed by atoms with E-state index in [4.69, 9.17) is 4.74 Å². The van der Waals surface area contributed by atoms with Crippen LogP contribution in [0.4, 0.5) is 0 Å². The first-order valence-electron chi connectivity index (χ1n) is 5.73. The number of nitrogens with one attached hydrogen (secondary N) is 1. The molecule has 1 unspecified atom stereocenters. The van der Waals surface area contributed by atoms with Crippen LogP contribution in [0.15, 0.2) is 12.4 Å². The van der Waals surface area contributed by atoms with Gasteiger partial charge < -0.3 is 9.64 Å². The average molecular weight is 221 g/mol. The molecule has 1 amide bonds. The molecule has 5 nitrogen and oxygen atoms in total. The Hall–Kier alpha value is -1.36. The molecule has 16 heavy (non-hydrogen) atoms. The van der Waals surface area contributed by atoms with E-state index in [1.165, 1.54) is 0 Å². The number of aromatic nitrogens is 2. The van der Waals surface area contributed by atoms with Crippen molar-refractivity contribution in [3.05, 3.63) is 18.0 Å². The van der Waals surface area contributed by atoms with Gasteiger partial charge >= 0.3 is 0 Å². The first-order chi connectivity index (χ1) is 7.84. The molecule has 0 radical (unpaired) electrons. The average Bonchev–Trinajstić information content (AvgIpc) is 3.03. The maximum Gasteiger partial charge on any atom is 0.225 e. The molecule has 2 aliphatic rings. The van der Waals surface area contributed by atoms with E-state index in [1.54, 1.807) is 6.20 Å². The highest BCUT2D eigenvalue weighted by molar-refractivity contribution is 5.81. The Morgan fingerprint density at radius 2 is 2.44 bits per heavy atom. The Labute approximate surface area is 93.8 Å². The molecule has 1 aromatic rings. The number of hydrogen-bond donors (Lipinski definition) is 1. The van der Waals surface area contributed by atoms with Gasteiger partial charge in [-0.1, -0.05) is 0 Å². The minimum absolute atomic E-state index is 0.0183. The largest absolute Gasteiger partial charge is 0.370 e. The van der Waals surface area contributed by atoms with Gasteiger partial charge in [0.1, 0.15) is 6.10 Å². The van der Waals surface area contributed by atoms with Crippen LogP contribution in [0.3, 0.4) is 0 Å². The lowest BCUT2D eigenvalue weighted by atomic mass is 10.1. The van der Waals surface area contributed by atoms with Gasteiger partial charge in [0.25, 0.3) is 0 Å². The highest BCUT2D eigenvalue weighted by Gasteiger charge is 2.35. The van der Waals surface area contributed by atoms with Gasteiger partial charge in [-0.3, -0.25) is 9.89 Å². The summed E-state index contributed by atoms with van der Waals surface area (Å²) in [6.07, 6.45) is 5.69. The molecule has 1 N–H and O–H groups in total. The highest BCUT2D eigenvalue weighted by Crippen LogP contribution is 2.32. The first kappa shape index (κ1) is 9.84. The molecular weight excluding hydrogens is 206 g/mol. The van der Waals surface area contributed by atoms with E-state index in [2.05, 4.69) is 10.2 Å². The van der Waals surface area contributed by atoms with Crippen LogP contribution in [0.2, 0.25) is 0 Å². The van der Waals surface area contributed by atoms with Crippen molar-refractivity contribution in [1.29, 1.82) is 0 Å². The zero-order valence-corrected chi connectivity index (χ0v) is 9.06. The smallest absolute Gasteiger partial charge is 0.225 e. The summed E-state index contributed by atoms with van der Waals surface area (Å²) >= 11 is 0. The van der Waals surface area contributed by atoms with Gasteiger partial charge in [-0.05, 0) is 12.8 Å². The zero-order valence-electron chi connectivity index (χ0n) is 9.06. The minimum atomic E-state index is -0.0183. The topological polar surface area (TPSA) is 58.2 Å². The summed E-state index contributed by atoms with van der Waals surface area (Å²) in [5, 5.41) is 6.68. The molecule has 2 heterocycles. The van der Waals surface area contributed by atoms with Crippen LogP contribution in [0.5, 0.6) is 0 Å². The van der Waals surface area contributed by atoms with Gasteiger partial charge in [0.2, 0.25) is 5.91 Å². The third-order valence-corrected chi connectivity index (χ3v) is 3.20. The number of hydrogen-bond acceptors (Lipinski definition) is 3.